The van der Waals surface area contributed by atoms with E-state index in [-0.39, 0.29) is 5.56 Å². The van der Waals surface area contributed by atoms with E-state index < -0.39 is 0 Å². The Morgan fingerprint density at radius 1 is 1.13 bits per heavy atom. The van der Waals surface area contributed by atoms with E-state index in [0.29, 0.717) is 17.2 Å². The lowest BCUT2D eigenvalue weighted by molar-refractivity contribution is 0.0342. The van der Waals surface area contributed by atoms with Gasteiger partial charge in [-0.2, -0.15) is 5.10 Å². The first-order valence-corrected chi connectivity index (χ1v) is 11.0. The van der Waals surface area contributed by atoms with Gasteiger partial charge < -0.3 is 15.0 Å². The van der Waals surface area contributed by atoms with E-state index in [1.807, 2.05) is 12.1 Å². The van der Waals surface area contributed by atoms with Crippen molar-refractivity contribution in [2.75, 3.05) is 31.6 Å². The third-order valence-electron chi connectivity index (χ3n) is 6.25. The highest BCUT2D eigenvalue weighted by Crippen LogP contribution is 2.32. The summed E-state index contributed by atoms with van der Waals surface area (Å²) in [6.07, 6.45) is 7.70. The van der Waals surface area contributed by atoms with Gasteiger partial charge in [0.05, 0.1) is 24.8 Å². The molecule has 158 valence electrons. The summed E-state index contributed by atoms with van der Waals surface area (Å²) < 4.78 is 7.52. The fourth-order valence-corrected chi connectivity index (χ4v) is 4.69. The molecule has 7 heteroatoms. The van der Waals surface area contributed by atoms with Gasteiger partial charge in [-0.3, -0.25) is 14.4 Å². The lowest BCUT2D eigenvalue weighted by Crippen LogP contribution is -2.35. The van der Waals surface area contributed by atoms with Crippen molar-refractivity contribution in [3.63, 3.8) is 0 Å². The second kappa shape index (κ2) is 8.62. The van der Waals surface area contributed by atoms with Crippen LogP contribution < -0.4 is 10.9 Å². The van der Waals surface area contributed by atoms with Crippen LogP contribution in [0.25, 0.3) is 10.9 Å². The van der Waals surface area contributed by atoms with Gasteiger partial charge in [-0.15, -0.1) is 0 Å². The van der Waals surface area contributed by atoms with Crippen LogP contribution in [-0.4, -0.2) is 46.0 Å². The predicted octanol–water partition coefficient (Wildman–Crippen LogP) is 3.81. The van der Waals surface area contributed by atoms with E-state index in [4.69, 9.17) is 9.84 Å². The van der Waals surface area contributed by atoms with E-state index in [0.717, 1.165) is 56.9 Å². The molecule has 7 nitrogen and oxygen atoms in total. The second-order valence-corrected chi connectivity index (χ2v) is 8.37. The molecule has 2 N–H and O–H groups in total. The molecule has 0 atom stereocenters. The van der Waals surface area contributed by atoms with Crippen LogP contribution in [-0.2, 0) is 11.3 Å². The van der Waals surface area contributed by atoms with Gasteiger partial charge in [0.1, 0.15) is 5.39 Å². The summed E-state index contributed by atoms with van der Waals surface area (Å²) in [6.45, 7) is 4.42. The van der Waals surface area contributed by atoms with Gasteiger partial charge in [0, 0.05) is 31.5 Å². The highest BCUT2D eigenvalue weighted by Gasteiger charge is 2.22. The van der Waals surface area contributed by atoms with Gasteiger partial charge in [-0.25, -0.2) is 0 Å². The van der Waals surface area contributed by atoms with Crippen molar-refractivity contribution in [2.24, 2.45) is 0 Å². The fourth-order valence-electron chi connectivity index (χ4n) is 4.69. The van der Waals surface area contributed by atoms with E-state index in [2.05, 4.69) is 38.1 Å². The van der Waals surface area contributed by atoms with Crippen LogP contribution in [0, 0.1) is 0 Å². The molecule has 0 radical (unpaired) electrons. The van der Waals surface area contributed by atoms with Crippen molar-refractivity contribution >= 4 is 22.4 Å². The maximum Gasteiger partial charge on any atom is 0.261 e. The lowest BCUT2D eigenvalue weighted by atomic mass is 9.95. The molecule has 0 unspecified atom stereocenters. The molecule has 3 heterocycles. The smallest absolute Gasteiger partial charge is 0.261 e. The third-order valence-corrected chi connectivity index (χ3v) is 6.25. The molecular formula is C23H29N5O2. The molecular weight excluding hydrogens is 378 g/mol. The summed E-state index contributed by atoms with van der Waals surface area (Å²) in [5.41, 5.74) is 3.02. The number of anilines is 2. The number of aromatic nitrogens is 3. The number of hydrogen-bond acceptors (Lipinski definition) is 5. The quantitative estimate of drug-likeness (QED) is 0.673. The number of H-pyrrole nitrogens is 1. The molecule has 3 aromatic rings. The summed E-state index contributed by atoms with van der Waals surface area (Å²) in [5, 5.41) is 8.94. The summed E-state index contributed by atoms with van der Waals surface area (Å²) in [4.78, 5) is 17.9. The Morgan fingerprint density at radius 3 is 2.80 bits per heavy atom. The molecule has 0 bridgehead atoms. The normalized spacial score (nSPS) is 18.7. The molecule has 2 fully saturated rings. The van der Waals surface area contributed by atoms with Crippen molar-refractivity contribution in [3.8, 4) is 0 Å². The monoisotopic (exact) mass is 407 g/mol. The van der Waals surface area contributed by atoms with Gasteiger partial charge in [-0.05, 0) is 36.6 Å². The SMILES string of the molecule is O=c1[nH]ccc2c1c(Nc1cccc(CN3CCOCC3)c1)nn2C1CCCCC1. The molecule has 0 amide bonds. The maximum absolute atomic E-state index is 12.6. The molecule has 0 spiro atoms. The van der Waals surface area contributed by atoms with Gasteiger partial charge in [0.15, 0.2) is 5.82 Å². The number of nitrogens with one attached hydrogen (secondary N) is 2. The van der Waals surface area contributed by atoms with Crippen LogP contribution in [0.4, 0.5) is 11.5 Å². The minimum atomic E-state index is -0.0958. The Morgan fingerprint density at radius 2 is 1.97 bits per heavy atom. The Hall–Kier alpha value is -2.64. The number of nitrogens with zero attached hydrogens (tertiary/aromatic N) is 3. The van der Waals surface area contributed by atoms with E-state index in [1.165, 1.54) is 24.8 Å². The molecule has 5 rings (SSSR count). The zero-order valence-electron chi connectivity index (χ0n) is 17.3. The number of aromatic amines is 1. The Balaban J connectivity index is 1.44. The van der Waals surface area contributed by atoms with Crippen LogP contribution in [0.2, 0.25) is 0 Å². The van der Waals surface area contributed by atoms with Gasteiger partial charge in [0.2, 0.25) is 0 Å². The topological polar surface area (TPSA) is 75.2 Å². The fraction of sp³-hybridized carbons (Fsp3) is 0.478. The Bertz CT molecular complexity index is 1060. The molecule has 2 aromatic heterocycles. The minimum Gasteiger partial charge on any atom is -0.379 e. The highest BCUT2D eigenvalue weighted by atomic mass is 16.5. The zero-order chi connectivity index (χ0) is 20.3. The summed E-state index contributed by atoms with van der Waals surface area (Å²) in [6, 6.07) is 10.7. The predicted molar refractivity (Wildman–Crippen MR) is 118 cm³/mol. The van der Waals surface area contributed by atoms with Crippen molar-refractivity contribution in [1.29, 1.82) is 0 Å². The number of morpholine rings is 1. The largest absolute Gasteiger partial charge is 0.379 e. The zero-order valence-corrected chi connectivity index (χ0v) is 17.3. The molecule has 2 aliphatic rings. The van der Waals surface area contributed by atoms with Crippen molar-refractivity contribution in [3.05, 3.63) is 52.4 Å². The number of rotatable bonds is 5. The standard InChI is InChI=1S/C23H29N5O2/c29-23-21-20(9-10-24-23)28(19-7-2-1-3-8-19)26-22(21)25-18-6-4-5-17(15-18)16-27-11-13-30-14-12-27/h4-6,9-10,15,19H,1-3,7-8,11-14,16H2,(H,24,29)(H,25,26). The third kappa shape index (κ3) is 4.00. The molecule has 1 aliphatic carbocycles. The summed E-state index contributed by atoms with van der Waals surface area (Å²) in [5.74, 6) is 0.640. The molecule has 1 saturated heterocycles. The summed E-state index contributed by atoms with van der Waals surface area (Å²) in [7, 11) is 0. The van der Waals surface area contributed by atoms with Crippen molar-refractivity contribution in [1.82, 2.24) is 19.7 Å². The van der Waals surface area contributed by atoms with Gasteiger partial charge in [0.25, 0.3) is 5.56 Å². The van der Waals surface area contributed by atoms with Gasteiger partial charge in [-0.1, -0.05) is 31.4 Å². The lowest BCUT2D eigenvalue weighted by Gasteiger charge is -2.26. The van der Waals surface area contributed by atoms with E-state index in [9.17, 15) is 4.79 Å². The molecule has 1 aromatic carbocycles. The molecule has 1 aliphatic heterocycles. The number of ether oxygens (including phenoxy) is 1. The van der Waals surface area contributed by atoms with Gasteiger partial charge >= 0.3 is 0 Å². The second-order valence-electron chi connectivity index (χ2n) is 8.37. The van der Waals surface area contributed by atoms with Crippen molar-refractivity contribution < 1.29 is 4.74 Å². The molecule has 30 heavy (non-hydrogen) atoms. The highest BCUT2D eigenvalue weighted by molar-refractivity contribution is 5.91. The van der Waals surface area contributed by atoms with Crippen LogP contribution in [0.15, 0.2) is 41.3 Å². The average molecular weight is 408 g/mol. The maximum atomic E-state index is 12.6. The van der Waals surface area contributed by atoms with E-state index in [1.54, 1.807) is 6.20 Å². The first-order valence-electron chi connectivity index (χ1n) is 11.0. The first-order chi connectivity index (χ1) is 14.8. The van der Waals surface area contributed by atoms with Crippen LogP contribution in [0.5, 0.6) is 0 Å². The van der Waals surface area contributed by atoms with Crippen LogP contribution in [0.1, 0.15) is 43.7 Å². The number of benzene rings is 1. The van der Waals surface area contributed by atoms with Crippen LogP contribution >= 0.6 is 0 Å². The summed E-state index contributed by atoms with van der Waals surface area (Å²) >= 11 is 0. The minimum absolute atomic E-state index is 0.0958. The van der Waals surface area contributed by atoms with E-state index >= 15 is 0 Å². The molecule has 1 saturated carbocycles. The van der Waals surface area contributed by atoms with Crippen LogP contribution in [0.3, 0.4) is 0 Å². The number of hydrogen-bond donors (Lipinski definition) is 2. The number of fused-ring (bicyclic) bond motifs is 1. The Kier molecular flexibility index (Phi) is 5.55. The Labute approximate surface area is 176 Å². The first kappa shape index (κ1) is 19.3. The van der Waals surface area contributed by atoms with Crippen molar-refractivity contribution in [2.45, 2.75) is 44.7 Å². The average Bonchev–Trinajstić information content (AvgIpc) is 3.15. The number of pyridine rings is 1.